The van der Waals surface area contributed by atoms with Crippen molar-refractivity contribution in [3.05, 3.63) is 29.3 Å². The maximum atomic E-state index is 11.8. The summed E-state index contributed by atoms with van der Waals surface area (Å²) in [7, 11) is 0. The third-order valence-electron chi connectivity index (χ3n) is 2.60. The molecule has 1 aliphatic carbocycles. The van der Waals surface area contributed by atoms with Gasteiger partial charge in [0.05, 0.1) is 0 Å². The van der Waals surface area contributed by atoms with Crippen molar-refractivity contribution in [3.63, 3.8) is 0 Å². The molecule has 0 amide bonds. The van der Waals surface area contributed by atoms with Gasteiger partial charge < -0.3 is 9.47 Å². The van der Waals surface area contributed by atoms with Crippen LogP contribution in [0.4, 0.5) is 13.2 Å². The molecule has 0 spiro atoms. The topological polar surface area (TPSA) is 35.5 Å². The van der Waals surface area contributed by atoms with Crippen LogP contribution >= 0.6 is 0 Å². The fourth-order valence-corrected chi connectivity index (χ4v) is 1.86. The van der Waals surface area contributed by atoms with Crippen molar-refractivity contribution in [3.8, 4) is 5.75 Å². The lowest BCUT2D eigenvalue weighted by Crippen LogP contribution is -2.19. The molecule has 0 aromatic heterocycles. The van der Waals surface area contributed by atoms with Crippen LogP contribution in [0.25, 0.3) is 0 Å². The van der Waals surface area contributed by atoms with E-state index in [9.17, 15) is 18.0 Å². The number of alkyl halides is 3. The SMILES string of the molecule is O=C1CCc2c(OCOCC(F)(F)F)cccc21. The Morgan fingerprint density at radius 3 is 2.72 bits per heavy atom. The fourth-order valence-electron chi connectivity index (χ4n) is 1.86. The third-order valence-corrected chi connectivity index (χ3v) is 2.60. The number of hydrogen-bond acceptors (Lipinski definition) is 3. The first kappa shape index (κ1) is 12.9. The van der Waals surface area contributed by atoms with Crippen molar-refractivity contribution in [1.29, 1.82) is 0 Å². The van der Waals surface area contributed by atoms with Crippen LogP contribution in [0.5, 0.6) is 5.75 Å². The molecular formula is C12H11F3O3. The lowest BCUT2D eigenvalue weighted by Gasteiger charge is -2.11. The Kier molecular flexibility index (Phi) is 3.56. The molecule has 1 aromatic carbocycles. The average Bonchev–Trinajstić information content (AvgIpc) is 2.67. The first-order valence-corrected chi connectivity index (χ1v) is 5.40. The van der Waals surface area contributed by atoms with Crippen LogP contribution in [0.3, 0.4) is 0 Å². The van der Waals surface area contributed by atoms with Crippen LogP contribution in [-0.2, 0) is 11.2 Å². The van der Waals surface area contributed by atoms with E-state index in [1.54, 1.807) is 18.2 Å². The first-order chi connectivity index (χ1) is 8.47. The van der Waals surface area contributed by atoms with Crippen molar-refractivity contribution >= 4 is 5.78 Å². The van der Waals surface area contributed by atoms with Gasteiger partial charge in [0.1, 0.15) is 12.4 Å². The van der Waals surface area contributed by atoms with Gasteiger partial charge in [-0.25, -0.2) is 0 Å². The van der Waals surface area contributed by atoms with Crippen molar-refractivity contribution in [1.82, 2.24) is 0 Å². The summed E-state index contributed by atoms with van der Waals surface area (Å²) in [6.07, 6.45) is -3.39. The van der Waals surface area contributed by atoms with Crippen LogP contribution in [-0.4, -0.2) is 25.4 Å². The van der Waals surface area contributed by atoms with E-state index >= 15 is 0 Å². The van der Waals surface area contributed by atoms with Crippen LogP contribution in [0.15, 0.2) is 18.2 Å². The Morgan fingerprint density at radius 2 is 2.00 bits per heavy atom. The van der Waals surface area contributed by atoms with Gasteiger partial charge in [-0.1, -0.05) is 12.1 Å². The lowest BCUT2D eigenvalue weighted by molar-refractivity contribution is -0.186. The molecule has 0 fully saturated rings. The van der Waals surface area contributed by atoms with Crippen molar-refractivity contribution in [2.75, 3.05) is 13.4 Å². The number of fused-ring (bicyclic) bond motifs is 1. The summed E-state index contributed by atoms with van der Waals surface area (Å²) < 4.78 is 45.0. The van der Waals surface area contributed by atoms with Gasteiger partial charge in [0.25, 0.3) is 0 Å². The van der Waals surface area contributed by atoms with E-state index in [-0.39, 0.29) is 5.78 Å². The Morgan fingerprint density at radius 1 is 1.22 bits per heavy atom. The Balaban J connectivity index is 1.93. The average molecular weight is 260 g/mol. The molecule has 0 saturated carbocycles. The van der Waals surface area contributed by atoms with Crippen LogP contribution in [0, 0.1) is 0 Å². The third kappa shape index (κ3) is 3.01. The number of ether oxygens (including phenoxy) is 2. The molecule has 1 aliphatic rings. The predicted octanol–water partition coefficient (Wildman–Crippen LogP) is 2.73. The number of Topliss-reactive ketones (excluding diaryl/α,β-unsaturated/α-hetero) is 1. The monoisotopic (exact) mass is 260 g/mol. The second-order valence-corrected chi connectivity index (χ2v) is 3.93. The maximum absolute atomic E-state index is 11.8. The largest absolute Gasteiger partial charge is 0.467 e. The standard InChI is InChI=1S/C12H11F3O3/c13-12(14,15)6-17-7-18-11-3-1-2-8-9(11)4-5-10(8)16/h1-3H,4-7H2. The maximum Gasteiger partial charge on any atom is 0.411 e. The Bertz CT molecular complexity index is 454. The fraction of sp³-hybridized carbons (Fsp3) is 0.417. The molecule has 18 heavy (non-hydrogen) atoms. The summed E-state index contributed by atoms with van der Waals surface area (Å²) in [6.45, 7) is -1.83. The number of rotatable bonds is 4. The zero-order valence-electron chi connectivity index (χ0n) is 9.42. The molecule has 1 aromatic rings. The normalized spacial score (nSPS) is 14.7. The van der Waals surface area contributed by atoms with E-state index in [1.807, 2.05) is 0 Å². The number of halogens is 3. The van der Waals surface area contributed by atoms with Crippen LogP contribution in [0.2, 0.25) is 0 Å². The van der Waals surface area contributed by atoms with E-state index < -0.39 is 19.6 Å². The Labute approximate surface area is 102 Å². The van der Waals surface area contributed by atoms with E-state index in [2.05, 4.69) is 4.74 Å². The highest BCUT2D eigenvalue weighted by molar-refractivity contribution is 6.01. The van der Waals surface area contributed by atoms with Gasteiger partial charge in [0.15, 0.2) is 12.6 Å². The molecule has 3 nitrogen and oxygen atoms in total. The van der Waals surface area contributed by atoms with Gasteiger partial charge in [0.2, 0.25) is 0 Å². The molecule has 98 valence electrons. The molecule has 0 heterocycles. The second kappa shape index (κ2) is 4.97. The molecule has 0 radical (unpaired) electrons. The van der Waals surface area contributed by atoms with Crippen molar-refractivity contribution in [2.24, 2.45) is 0 Å². The summed E-state index contributed by atoms with van der Waals surface area (Å²) in [5.74, 6) is 0.451. The van der Waals surface area contributed by atoms with E-state index in [0.29, 0.717) is 24.2 Å². The van der Waals surface area contributed by atoms with Gasteiger partial charge >= 0.3 is 6.18 Å². The molecule has 0 N–H and O–H groups in total. The van der Waals surface area contributed by atoms with E-state index in [0.717, 1.165) is 5.56 Å². The van der Waals surface area contributed by atoms with Gasteiger partial charge in [0, 0.05) is 17.5 Å². The number of carbonyl (C=O) groups excluding carboxylic acids is 1. The molecule has 0 saturated heterocycles. The minimum absolute atomic E-state index is 0.0339. The smallest absolute Gasteiger partial charge is 0.411 e. The molecular weight excluding hydrogens is 249 g/mol. The van der Waals surface area contributed by atoms with E-state index in [1.165, 1.54) is 0 Å². The summed E-state index contributed by atoms with van der Waals surface area (Å²) in [6, 6.07) is 4.95. The number of benzene rings is 1. The zero-order valence-corrected chi connectivity index (χ0v) is 9.42. The quantitative estimate of drug-likeness (QED) is 0.616. The van der Waals surface area contributed by atoms with Crippen LogP contribution in [0.1, 0.15) is 22.3 Å². The number of hydrogen-bond donors (Lipinski definition) is 0. The first-order valence-electron chi connectivity index (χ1n) is 5.40. The summed E-state index contributed by atoms with van der Waals surface area (Å²) in [4.78, 5) is 11.4. The zero-order chi connectivity index (χ0) is 13.2. The van der Waals surface area contributed by atoms with Crippen molar-refractivity contribution < 1.29 is 27.4 Å². The van der Waals surface area contributed by atoms with Gasteiger partial charge in [-0.3, -0.25) is 4.79 Å². The highest BCUT2D eigenvalue weighted by Gasteiger charge is 2.27. The predicted molar refractivity (Wildman–Crippen MR) is 56.6 cm³/mol. The summed E-state index contributed by atoms with van der Waals surface area (Å²) in [5.41, 5.74) is 1.33. The second-order valence-electron chi connectivity index (χ2n) is 3.93. The molecule has 0 aliphatic heterocycles. The summed E-state index contributed by atoms with van der Waals surface area (Å²) in [5, 5.41) is 0. The van der Waals surface area contributed by atoms with E-state index in [4.69, 9.17) is 4.74 Å². The van der Waals surface area contributed by atoms with Gasteiger partial charge in [-0.15, -0.1) is 0 Å². The molecule has 0 bridgehead atoms. The van der Waals surface area contributed by atoms with Crippen molar-refractivity contribution in [2.45, 2.75) is 19.0 Å². The molecule has 2 rings (SSSR count). The lowest BCUT2D eigenvalue weighted by atomic mass is 10.1. The molecule has 0 unspecified atom stereocenters. The number of ketones is 1. The minimum atomic E-state index is -4.36. The minimum Gasteiger partial charge on any atom is -0.467 e. The van der Waals surface area contributed by atoms with Gasteiger partial charge in [-0.05, 0) is 12.5 Å². The van der Waals surface area contributed by atoms with Crippen LogP contribution < -0.4 is 4.74 Å². The highest BCUT2D eigenvalue weighted by Crippen LogP contribution is 2.30. The number of carbonyl (C=O) groups is 1. The van der Waals surface area contributed by atoms with Gasteiger partial charge in [-0.2, -0.15) is 13.2 Å². The Hall–Kier alpha value is -1.56. The molecule has 0 atom stereocenters. The summed E-state index contributed by atoms with van der Waals surface area (Å²) >= 11 is 0. The molecule has 6 heteroatoms. The highest BCUT2D eigenvalue weighted by atomic mass is 19.4.